The van der Waals surface area contributed by atoms with Gasteiger partial charge in [0, 0.05) is 37.0 Å². The van der Waals surface area contributed by atoms with Gasteiger partial charge >= 0.3 is 0 Å². The lowest BCUT2D eigenvalue weighted by Crippen LogP contribution is -2.53. The topological polar surface area (TPSA) is 49.3 Å². The molecule has 1 saturated heterocycles. The Morgan fingerprint density at radius 1 is 1.23 bits per heavy atom. The number of carbonyl (C=O) groups is 1. The van der Waals surface area contributed by atoms with Crippen LogP contribution in [0.15, 0.2) is 42.7 Å². The maximum Gasteiger partial charge on any atom is 0.299 e. The van der Waals surface area contributed by atoms with E-state index in [1.165, 1.54) is 5.56 Å². The molecule has 0 saturated carbocycles. The highest BCUT2D eigenvalue weighted by Crippen LogP contribution is 2.18. The van der Waals surface area contributed by atoms with E-state index >= 15 is 0 Å². The second-order valence-electron chi connectivity index (χ2n) is 6.12. The van der Waals surface area contributed by atoms with Crippen LogP contribution in [0.4, 0.5) is 5.95 Å². The Bertz CT molecular complexity index is 798. The number of aryl methyl sites for hydroxylation is 1. The zero-order valence-electron chi connectivity index (χ0n) is 14.7. The molecule has 1 aromatic heterocycles. The van der Waals surface area contributed by atoms with Crippen molar-refractivity contribution in [3.8, 4) is 11.8 Å². The molecule has 0 N–H and O–H groups in total. The predicted molar refractivity (Wildman–Crippen MR) is 103 cm³/mol. The number of halogens is 1. The third kappa shape index (κ3) is 4.53. The lowest BCUT2D eigenvalue weighted by atomic mass is 10.1. The van der Waals surface area contributed by atoms with Crippen LogP contribution in [0.25, 0.3) is 0 Å². The summed E-state index contributed by atoms with van der Waals surface area (Å²) in [6, 6.07) is 9.80. The van der Waals surface area contributed by atoms with Gasteiger partial charge in [-0.15, -0.1) is 0 Å². The maximum absolute atomic E-state index is 12.4. The summed E-state index contributed by atoms with van der Waals surface area (Å²) in [5.41, 5.74) is 1.76. The summed E-state index contributed by atoms with van der Waals surface area (Å²) in [5, 5.41) is 0. The fourth-order valence-corrected chi connectivity index (χ4v) is 3.19. The lowest BCUT2D eigenvalue weighted by Gasteiger charge is -2.37. The molecule has 3 rings (SSSR count). The largest absolute Gasteiger partial charge is 0.327 e. The van der Waals surface area contributed by atoms with E-state index in [-0.39, 0.29) is 11.4 Å². The number of amides is 1. The third-order valence-electron chi connectivity index (χ3n) is 4.22. The number of hydrogen-bond donors (Lipinski definition) is 0. The minimum Gasteiger partial charge on any atom is -0.327 e. The van der Waals surface area contributed by atoms with E-state index < -0.39 is 0 Å². The van der Waals surface area contributed by atoms with Crippen LogP contribution >= 0.6 is 11.6 Å². The lowest BCUT2D eigenvalue weighted by molar-refractivity contribution is -0.125. The Kier molecular flexibility index (Phi) is 6.08. The summed E-state index contributed by atoms with van der Waals surface area (Å²) < 4.78 is 0. The van der Waals surface area contributed by atoms with E-state index in [0.29, 0.717) is 25.6 Å². The van der Waals surface area contributed by atoms with Gasteiger partial charge < -0.3 is 9.80 Å². The van der Waals surface area contributed by atoms with E-state index in [1.54, 1.807) is 23.4 Å². The van der Waals surface area contributed by atoms with Crippen molar-refractivity contribution in [2.24, 2.45) is 0 Å². The average molecular weight is 369 g/mol. The molecule has 1 amide bonds. The van der Waals surface area contributed by atoms with Gasteiger partial charge in [0.05, 0.1) is 6.54 Å². The highest BCUT2D eigenvalue weighted by Gasteiger charge is 2.28. The number of anilines is 1. The third-order valence-corrected chi connectivity index (χ3v) is 4.60. The van der Waals surface area contributed by atoms with Crippen molar-refractivity contribution in [1.29, 1.82) is 0 Å². The van der Waals surface area contributed by atoms with Crippen LogP contribution in [0.3, 0.4) is 0 Å². The van der Waals surface area contributed by atoms with Crippen molar-refractivity contribution in [1.82, 2.24) is 14.9 Å². The number of aromatic nitrogens is 2. The van der Waals surface area contributed by atoms with Gasteiger partial charge in [0.15, 0.2) is 0 Å². The van der Waals surface area contributed by atoms with Crippen LogP contribution in [0, 0.1) is 11.8 Å². The van der Waals surface area contributed by atoms with Crippen LogP contribution < -0.4 is 4.90 Å². The summed E-state index contributed by atoms with van der Waals surface area (Å²) in [5.74, 6) is 6.04. The Labute approximate surface area is 159 Å². The first-order valence-corrected chi connectivity index (χ1v) is 9.18. The molecule has 1 aliphatic rings. The summed E-state index contributed by atoms with van der Waals surface area (Å²) >= 11 is 6.42. The fraction of sp³-hybridized carbons (Fsp3) is 0.350. The number of piperazine rings is 1. The molecule has 26 heavy (non-hydrogen) atoms. The average Bonchev–Trinajstić information content (AvgIpc) is 2.68. The number of nitrogens with zero attached hydrogens (tertiary/aromatic N) is 4. The zero-order valence-corrected chi connectivity index (χ0v) is 15.5. The minimum atomic E-state index is -0.370. The van der Waals surface area contributed by atoms with E-state index in [0.717, 1.165) is 18.4 Å². The van der Waals surface area contributed by atoms with E-state index in [4.69, 9.17) is 11.6 Å². The van der Waals surface area contributed by atoms with E-state index in [1.807, 2.05) is 17.0 Å². The highest BCUT2D eigenvalue weighted by atomic mass is 35.5. The Balaban J connectivity index is 1.60. The molecule has 0 aliphatic carbocycles. The van der Waals surface area contributed by atoms with Crippen LogP contribution in [-0.2, 0) is 11.2 Å². The van der Waals surface area contributed by atoms with Crippen LogP contribution in [0.2, 0.25) is 0 Å². The van der Waals surface area contributed by atoms with Gasteiger partial charge in [-0.25, -0.2) is 9.97 Å². The Morgan fingerprint density at radius 2 is 1.96 bits per heavy atom. The highest BCUT2D eigenvalue weighted by molar-refractivity contribution is 6.22. The van der Waals surface area contributed by atoms with Crippen LogP contribution in [0.5, 0.6) is 0 Å². The monoisotopic (exact) mass is 368 g/mol. The molecule has 6 heteroatoms. The summed E-state index contributed by atoms with van der Waals surface area (Å²) in [7, 11) is 0. The normalized spacial score (nSPS) is 16.8. The molecule has 1 fully saturated rings. The first-order valence-electron chi connectivity index (χ1n) is 8.75. The van der Waals surface area contributed by atoms with Crippen molar-refractivity contribution in [2.45, 2.75) is 25.3 Å². The molecule has 1 unspecified atom stereocenters. The number of carbonyl (C=O) groups excluding carboxylic acids is 1. The summed E-state index contributed by atoms with van der Waals surface area (Å²) in [6.07, 6.45) is 5.53. The summed E-state index contributed by atoms with van der Waals surface area (Å²) in [4.78, 5) is 24.4. The molecule has 2 heterocycles. The predicted octanol–water partition coefficient (Wildman–Crippen LogP) is 2.69. The number of hydrogen-bond acceptors (Lipinski definition) is 4. The molecule has 1 aromatic carbocycles. The first-order chi connectivity index (χ1) is 12.7. The van der Waals surface area contributed by atoms with E-state index in [9.17, 15) is 4.79 Å². The van der Waals surface area contributed by atoms with Crippen molar-refractivity contribution < 1.29 is 4.79 Å². The molecular formula is C20H21ClN4O. The second kappa shape index (κ2) is 8.68. The van der Waals surface area contributed by atoms with Gasteiger partial charge in [0.25, 0.3) is 5.91 Å². The fourth-order valence-electron chi connectivity index (χ4n) is 2.84. The minimum absolute atomic E-state index is 0.207. The van der Waals surface area contributed by atoms with E-state index in [2.05, 4.69) is 40.9 Å². The van der Waals surface area contributed by atoms with Gasteiger partial charge in [-0.05, 0) is 30.2 Å². The van der Waals surface area contributed by atoms with Gasteiger partial charge in [0.2, 0.25) is 5.95 Å². The molecule has 2 aromatic rings. The van der Waals surface area contributed by atoms with Crippen molar-refractivity contribution in [3.05, 3.63) is 53.9 Å². The SMILES string of the molecule is CCCc1ccc(C#CC(=O)N2CCN(c3ncccn3)C(Cl)C2)cc1. The molecule has 134 valence electrons. The maximum atomic E-state index is 12.4. The molecular weight excluding hydrogens is 348 g/mol. The Hall–Kier alpha value is -2.58. The molecule has 5 nitrogen and oxygen atoms in total. The Morgan fingerprint density at radius 3 is 2.62 bits per heavy atom. The quantitative estimate of drug-likeness (QED) is 0.475. The molecule has 0 radical (unpaired) electrons. The van der Waals surface area contributed by atoms with Gasteiger partial charge in [-0.2, -0.15) is 0 Å². The number of rotatable bonds is 3. The van der Waals surface area contributed by atoms with Crippen molar-refractivity contribution in [3.63, 3.8) is 0 Å². The van der Waals surface area contributed by atoms with Gasteiger partial charge in [0.1, 0.15) is 5.50 Å². The molecule has 0 bridgehead atoms. The molecule has 1 aliphatic heterocycles. The first kappa shape index (κ1) is 18.2. The van der Waals surface area contributed by atoms with Crippen LogP contribution in [0.1, 0.15) is 24.5 Å². The van der Waals surface area contributed by atoms with Crippen LogP contribution in [-0.4, -0.2) is 45.9 Å². The summed E-state index contributed by atoms with van der Waals surface area (Å²) in [6.45, 7) is 3.67. The van der Waals surface area contributed by atoms with Gasteiger partial charge in [-0.1, -0.05) is 43.0 Å². The van der Waals surface area contributed by atoms with Gasteiger partial charge in [-0.3, -0.25) is 4.79 Å². The molecule has 0 spiro atoms. The standard InChI is InChI=1S/C20H21ClN4O/c1-2-4-16-5-7-17(8-6-16)9-10-19(26)24-13-14-25(18(21)15-24)20-22-11-3-12-23-20/h3,5-8,11-12,18H,2,4,13-15H2,1H3. The molecule has 1 atom stereocenters. The second-order valence-corrected chi connectivity index (χ2v) is 6.63. The number of alkyl halides is 1. The zero-order chi connectivity index (χ0) is 18.4. The van der Waals surface area contributed by atoms with Crippen molar-refractivity contribution >= 4 is 23.5 Å². The van der Waals surface area contributed by atoms with Crippen molar-refractivity contribution in [2.75, 3.05) is 24.5 Å². The smallest absolute Gasteiger partial charge is 0.299 e. The number of benzene rings is 1.